The van der Waals surface area contributed by atoms with Gasteiger partial charge in [0.2, 0.25) is 0 Å². The van der Waals surface area contributed by atoms with Gasteiger partial charge in [0.15, 0.2) is 0 Å². The second-order valence-electron chi connectivity index (χ2n) is 4.94. The fourth-order valence-corrected chi connectivity index (χ4v) is 2.16. The maximum atomic E-state index is 2.37. The van der Waals surface area contributed by atoms with E-state index in [4.69, 9.17) is 0 Å². The van der Waals surface area contributed by atoms with E-state index in [9.17, 15) is 0 Å². The minimum absolute atomic E-state index is 0.806. The van der Waals surface area contributed by atoms with Gasteiger partial charge in [-0.15, -0.1) is 0 Å². The molecule has 0 aliphatic carbocycles. The number of hydrogen-bond donors (Lipinski definition) is 0. The summed E-state index contributed by atoms with van der Waals surface area (Å²) in [6, 6.07) is 0.806. The van der Waals surface area contributed by atoms with E-state index >= 15 is 0 Å². The molecular formula is C14H31N. The predicted molar refractivity (Wildman–Crippen MR) is 70.4 cm³/mol. The molecule has 0 fully saturated rings. The second-order valence-corrected chi connectivity index (χ2v) is 4.94. The molecule has 0 heterocycles. The Bertz CT molecular complexity index is 121. The van der Waals surface area contributed by atoms with Crippen LogP contribution < -0.4 is 0 Å². The molecular weight excluding hydrogens is 182 g/mol. The van der Waals surface area contributed by atoms with Gasteiger partial charge in [0.05, 0.1) is 0 Å². The lowest BCUT2D eigenvalue weighted by molar-refractivity contribution is 0.264. The molecule has 0 aromatic heterocycles. The number of unbranched alkanes of at least 4 members (excludes halogenated alkanes) is 6. The quantitative estimate of drug-likeness (QED) is 0.484. The lowest BCUT2D eigenvalue weighted by Gasteiger charge is -2.22. The van der Waals surface area contributed by atoms with Gasteiger partial charge in [-0.3, -0.25) is 0 Å². The summed E-state index contributed by atoms with van der Waals surface area (Å²) >= 11 is 0. The molecule has 0 saturated heterocycles. The summed E-state index contributed by atoms with van der Waals surface area (Å²) in [5.41, 5.74) is 0. The van der Waals surface area contributed by atoms with Crippen molar-refractivity contribution >= 4 is 0 Å². The summed E-state index contributed by atoms with van der Waals surface area (Å²) < 4.78 is 0. The summed E-state index contributed by atoms with van der Waals surface area (Å²) in [4.78, 5) is 2.37. The van der Waals surface area contributed by atoms with Gasteiger partial charge in [-0.2, -0.15) is 0 Å². The fraction of sp³-hybridized carbons (Fsp3) is 1.00. The molecule has 0 aliphatic rings. The minimum atomic E-state index is 0.806. The monoisotopic (exact) mass is 213 g/mol. The van der Waals surface area contributed by atoms with Crippen molar-refractivity contribution < 1.29 is 0 Å². The van der Waals surface area contributed by atoms with Crippen LogP contribution >= 0.6 is 0 Å². The van der Waals surface area contributed by atoms with Crippen LogP contribution in [0.2, 0.25) is 0 Å². The highest BCUT2D eigenvalue weighted by Gasteiger charge is 2.07. The fourth-order valence-electron chi connectivity index (χ4n) is 2.16. The Morgan fingerprint density at radius 3 is 1.80 bits per heavy atom. The summed E-state index contributed by atoms with van der Waals surface area (Å²) in [5, 5.41) is 0. The van der Waals surface area contributed by atoms with Crippen LogP contribution in [0, 0.1) is 0 Å². The zero-order valence-electron chi connectivity index (χ0n) is 11.4. The van der Waals surface area contributed by atoms with Crippen molar-refractivity contribution in [2.45, 2.75) is 77.7 Å². The molecule has 0 aliphatic heterocycles. The van der Waals surface area contributed by atoms with Crippen LogP contribution in [0.5, 0.6) is 0 Å². The normalized spacial score (nSPS) is 13.4. The second kappa shape index (κ2) is 10.5. The van der Waals surface area contributed by atoms with Gasteiger partial charge in [0.25, 0.3) is 0 Å². The highest BCUT2D eigenvalue weighted by Crippen LogP contribution is 2.13. The van der Waals surface area contributed by atoms with Crippen LogP contribution in [0.3, 0.4) is 0 Å². The Kier molecular flexibility index (Phi) is 10.4. The molecule has 15 heavy (non-hydrogen) atoms. The molecule has 0 amide bonds. The Morgan fingerprint density at radius 2 is 1.33 bits per heavy atom. The zero-order chi connectivity index (χ0) is 11.5. The molecule has 0 aromatic carbocycles. The molecule has 0 rings (SSSR count). The van der Waals surface area contributed by atoms with Gasteiger partial charge >= 0.3 is 0 Å². The van der Waals surface area contributed by atoms with Crippen molar-refractivity contribution in [3.63, 3.8) is 0 Å². The average molecular weight is 213 g/mol. The zero-order valence-corrected chi connectivity index (χ0v) is 11.4. The standard InChI is InChI=1S/C14H31N/c1-5-7-8-9-10-11-12-13-14(6-2)15(3)4/h14H,5-13H2,1-4H3. The first-order chi connectivity index (χ1) is 7.22. The van der Waals surface area contributed by atoms with Crippen molar-refractivity contribution in [2.75, 3.05) is 14.1 Å². The Balaban J connectivity index is 3.22. The Hall–Kier alpha value is -0.0400. The third kappa shape index (κ3) is 8.92. The molecule has 1 unspecified atom stereocenters. The maximum Gasteiger partial charge on any atom is 0.00865 e. The first-order valence-corrected chi connectivity index (χ1v) is 6.88. The van der Waals surface area contributed by atoms with Gasteiger partial charge in [-0.05, 0) is 26.9 Å². The smallest absolute Gasteiger partial charge is 0.00865 e. The highest BCUT2D eigenvalue weighted by molar-refractivity contribution is 4.63. The Labute approximate surface area is 97.2 Å². The molecule has 0 saturated carbocycles. The van der Waals surface area contributed by atoms with Gasteiger partial charge in [0, 0.05) is 6.04 Å². The van der Waals surface area contributed by atoms with Crippen molar-refractivity contribution in [3.8, 4) is 0 Å². The van der Waals surface area contributed by atoms with E-state index in [0.717, 1.165) is 6.04 Å². The molecule has 1 atom stereocenters. The summed E-state index contributed by atoms with van der Waals surface area (Å²) in [6.07, 6.45) is 12.7. The number of hydrogen-bond acceptors (Lipinski definition) is 1. The third-order valence-electron chi connectivity index (χ3n) is 3.34. The molecule has 1 nitrogen and oxygen atoms in total. The lowest BCUT2D eigenvalue weighted by Crippen LogP contribution is -2.26. The summed E-state index contributed by atoms with van der Waals surface area (Å²) in [7, 11) is 4.41. The molecule has 0 N–H and O–H groups in total. The predicted octanol–water partition coefficient (Wildman–Crippen LogP) is 4.47. The van der Waals surface area contributed by atoms with Gasteiger partial charge in [-0.1, -0.05) is 58.8 Å². The molecule has 0 bridgehead atoms. The SMILES string of the molecule is CCCCCCCCCC(CC)N(C)C. The van der Waals surface area contributed by atoms with E-state index in [1.54, 1.807) is 0 Å². The van der Waals surface area contributed by atoms with Crippen molar-refractivity contribution in [3.05, 3.63) is 0 Å². The molecule has 0 aromatic rings. The summed E-state index contributed by atoms with van der Waals surface area (Å²) in [5.74, 6) is 0. The van der Waals surface area contributed by atoms with E-state index in [2.05, 4.69) is 32.8 Å². The van der Waals surface area contributed by atoms with E-state index in [1.165, 1.54) is 57.8 Å². The van der Waals surface area contributed by atoms with Crippen LogP contribution in [-0.4, -0.2) is 25.0 Å². The average Bonchev–Trinajstić information content (AvgIpc) is 2.21. The minimum Gasteiger partial charge on any atom is -0.306 e. The van der Waals surface area contributed by atoms with Crippen molar-refractivity contribution in [1.29, 1.82) is 0 Å². The molecule has 92 valence electrons. The number of nitrogens with zero attached hydrogens (tertiary/aromatic N) is 1. The first-order valence-electron chi connectivity index (χ1n) is 6.88. The van der Waals surface area contributed by atoms with Crippen molar-refractivity contribution in [2.24, 2.45) is 0 Å². The van der Waals surface area contributed by atoms with Crippen LogP contribution in [0.4, 0.5) is 0 Å². The van der Waals surface area contributed by atoms with Crippen LogP contribution in [0.25, 0.3) is 0 Å². The van der Waals surface area contributed by atoms with E-state index < -0.39 is 0 Å². The van der Waals surface area contributed by atoms with Crippen LogP contribution in [-0.2, 0) is 0 Å². The highest BCUT2D eigenvalue weighted by atomic mass is 15.1. The first kappa shape index (κ1) is 15.0. The van der Waals surface area contributed by atoms with Gasteiger partial charge in [0.1, 0.15) is 0 Å². The van der Waals surface area contributed by atoms with Gasteiger partial charge in [-0.25, -0.2) is 0 Å². The van der Waals surface area contributed by atoms with Crippen LogP contribution in [0.1, 0.15) is 71.6 Å². The molecule has 1 heteroatoms. The van der Waals surface area contributed by atoms with Crippen LogP contribution in [0.15, 0.2) is 0 Å². The molecule has 0 spiro atoms. The molecule has 0 radical (unpaired) electrons. The third-order valence-corrected chi connectivity index (χ3v) is 3.34. The lowest BCUT2D eigenvalue weighted by atomic mass is 10.0. The summed E-state index contributed by atoms with van der Waals surface area (Å²) in [6.45, 7) is 4.58. The topological polar surface area (TPSA) is 3.24 Å². The van der Waals surface area contributed by atoms with E-state index in [0.29, 0.717) is 0 Å². The Morgan fingerprint density at radius 1 is 0.800 bits per heavy atom. The largest absolute Gasteiger partial charge is 0.306 e. The number of rotatable bonds is 10. The van der Waals surface area contributed by atoms with E-state index in [1.807, 2.05) is 0 Å². The van der Waals surface area contributed by atoms with E-state index in [-0.39, 0.29) is 0 Å². The van der Waals surface area contributed by atoms with Crippen molar-refractivity contribution in [1.82, 2.24) is 4.90 Å². The van der Waals surface area contributed by atoms with Gasteiger partial charge < -0.3 is 4.90 Å². The maximum absolute atomic E-state index is 2.37.